The van der Waals surface area contributed by atoms with Gasteiger partial charge in [-0.3, -0.25) is 0 Å². The van der Waals surface area contributed by atoms with E-state index in [1.807, 2.05) is 0 Å². The highest BCUT2D eigenvalue weighted by Crippen LogP contribution is 2.19. The number of hydrogen-bond acceptors (Lipinski definition) is 5. The predicted molar refractivity (Wildman–Crippen MR) is 50.5 cm³/mol. The molecule has 0 atom stereocenters. The third-order valence-corrected chi connectivity index (χ3v) is 2.43. The summed E-state index contributed by atoms with van der Waals surface area (Å²) in [5.74, 6) is -0.785. The molecule has 0 aliphatic carbocycles. The van der Waals surface area contributed by atoms with E-state index in [4.69, 9.17) is 5.73 Å². The number of carbonyl (C=O) groups excluding carboxylic acids is 1. The summed E-state index contributed by atoms with van der Waals surface area (Å²) in [7, 11) is -3.76. The summed E-state index contributed by atoms with van der Waals surface area (Å²) >= 11 is 0. The van der Waals surface area contributed by atoms with E-state index in [0.29, 0.717) is 0 Å². The summed E-state index contributed by atoms with van der Waals surface area (Å²) in [4.78, 5) is 10.4. The van der Waals surface area contributed by atoms with Crippen molar-refractivity contribution in [1.82, 2.24) is 0 Å². The fourth-order valence-corrected chi connectivity index (χ4v) is 1.54. The van der Waals surface area contributed by atoms with Crippen LogP contribution in [0.5, 0.6) is 0 Å². The zero-order valence-electron chi connectivity index (χ0n) is 7.73. The summed E-state index contributed by atoms with van der Waals surface area (Å²) in [6.45, 7) is 0. The lowest BCUT2D eigenvalue weighted by Crippen LogP contribution is -2.04. The normalized spacial score (nSPS) is 11.1. The molecule has 0 saturated carbocycles. The van der Waals surface area contributed by atoms with Crippen LogP contribution in [0.15, 0.2) is 23.1 Å². The zero-order chi connectivity index (χ0) is 11.6. The summed E-state index contributed by atoms with van der Waals surface area (Å²) in [6, 6.07) is 2.97. The Morgan fingerprint density at radius 3 is 2.47 bits per heavy atom. The van der Waals surface area contributed by atoms with E-state index in [1.54, 1.807) is 0 Å². The standard InChI is InChI=1S/C8H8FNO4S/c1-14-8(11)5-2-6(10)4-7(3-5)15(9,12)13/h2-4H,10H2,1H3. The minimum atomic E-state index is -4.88. The molecule has 2 N–H and O–H groups in total. The summed E-state index contributed by atoms with van der Waals surface area (Å²) in [5, 5.41) is 0. The third kappa shape index (κ3) is 2.66. The molecular weight excluding hydrogens is 225 g/mol. The maximum atomic E-state index is 12.6. The minimum Gasteiger partial charge on any atom is -0.465 e. The summed E-state index contributed by atoms with van der Waals surface area (Å²) < 4.78 is 38.1. The van der Waals surface area contributed by atoms with Gasteiger partial charge in [0.05, 0.1) is 12.7 Å². The number of nitrogen functional groups attached to an aromatic ring is 1. The minimum absolute atomic E-state index is 0.0332. The molecule has 0 unspecified atom stereocenters. The molecule has 15 heavy (non-hydrogen) atoms. The second-order valence-corrected chi connectivity index (χ2v) is 4.07. The van der Waals surface area contributed by atoms with Crippen molar-refractivity contribution in [1.29, 1.82) is 0 Å². The van der Waals surface area contributed by atoms with Crippen LogP contribution in [0.4, 0.5) is 9.57 Å². The average molecular weight is 233 g/mol. The van der Waals surface area contributed by atoms with Crippen LogP contribution in [0.25, 0.3) is 0 Å². The van der Waals surface area contributed by atoms with Crippen LogP contribution in [-0.2, 0) is 15.0 Å². The Labute approximate surface area is 85.9 Å². The molecule has 5 nitrogen and oxygen atoms in total. The Kier molecular flexibility index (Phi) is 2.94. The van der Waals surface area contributed by atoms with Gasteiger partial charge in [-0.05, 0) is 18.2 Å². The Bertz CT molecular complexity index is 497. The first-order valence-corrected chi connectivity index (χ1v) is 5.16. The van der Waals surface area contributed by atoms with E-state index in [0.717, 1.165) is 19.2 Å². The Morgan fingerprint density at radius 1 is 1.40 bits per heavy atom. The molecule has 7 heteroatoms. The van der Waals surface area contributed by atoms with E-state index in [9.17, 15) is 17.1 Å². The average Bonchev–Trinajstić information content (AvgIpc) is 2.14. The van der Waals surface area contributed by atoms with Crippen LogP contribution in [0.3, 0.4) is 0 Å². The lowest BCUT2D eigenvalue weighted by Gasteiger charge is -2.02. The van der Waals surface area contributed by atoms with Gasteiger partial charge < -0.3 is 10.5 Å². The van der Waals surface area contributed by atoms with Crippen molar-refractivity contribution in [2.24, 2.45) is 0 Å². The molecule has 0 aliphatic rings. The predicted octanol–water partition coefficient (Wildman–Crippen LogP) is 0.714. The van der Waals surface area contributed by atoms with Gasteiger partial charge in [0.25, 0.3) is 0 Å². The fraction of sp³-hybridized carbons (Fsp3) is 0.125. The number of carbonyl (C=O) groups is 1. The molecule has 0 aromatic heterocycles. The van der Waals surface area contributed by atoms with Gasteiger partial charge in [0.1, 0.15) is 4.90 Å². The summed E-state index contributed by atoms with van der Waals surface area (Å²) in [5.41, 5.74) is 5.16. The van der Waals surface area contributed by atoms with E-state index in [-0.39, 0.29) is 11.3 Å². The molecule has 0 bridgehead atoms. The maximum Gasteiger partial charge on any atom is 0.337 e. The highest BCUT2D eigenvalue weighted by Gasteiger charge is 2.16. The number of rotatable bonds is 2. The lowest BCUT2D eigenvalue weighted by molar-refractivity contribution is 0.0600. The highest BCUT2D eigenvalue weighted by molar-refractivity contribution is 7.86. The number of ether oxygens (including phenoxy) is 1. The van der Waals surface area contributed by atoms with E-state index in [1.165, 1.54) is 6.07 Å². The van der Waals surface area contributed by atoms with Gasteiger partial charge in [0.2, 0.25) is 0 Å². The Hall–Kier alpha value is -1.63. The number of methoxy groups -OCH3 is 1. The molecule has 0 amide bonds. The monoisotopic (exact) mass is 233 g/mol. The van der Waals surface area contributed by atoms with E-state index in [2.05, 4.69) is 4.74 Å². The first-order valence-electron chi connectivity index (χ1n) is 3.78. The van der Waals surface area contributed by atoms with Crippen LogP contribution in [0.1, 0.15) is 10.4 Å². The van der Waals surface area contributed by atoms with Crippen molar-refractivity contribution in [3.63, 3.8) is 0 Å². The van der Waals surface area contributed by atoms with Gasteiger partial charge in [-0.1, -0.05) is 0 Å². The molecule has 1 rings (SSSR count). The van der Waals surface area contributed by atoms with Crippen LogP contribution >= 0.6 is 0 Å². The largest absolute Gasteiger partial charge is 0.465 e. The van der Waals surface area contributed by atoms with Gasteiger partial charge in [0.15, 0.2) is 0 Å². The first-order chi connectivity index (χ1) is 6.84. The van der Waals surface area contributed by atoms with E-state index >= 15 is 0 Å². The van der Waals surface area contributed by atoms with Crippen molar-refractivity contribution >= 4 is 21.9 Å². The van der Waals surface area contributed by atoms with Crippen molar-refractivity contribution in [2.45, 2.75) is 4.90 Å². The molecule has 0 fully saturated rings. The number of nitrogens with two attached hydrogens (primary N) is 1. The maximum absolute atomic E-state index is 12.6. The molecular formula is C8H8FNO4S. The quantitative estimate of drug-likeness (QED) is 0.462. The van der Waals surface area contributed by atoms with Crippen LogP contribution in [0.2, 0.25) is 0 Å². The third-order valence-electron chi connectivity index (χ3n) is 1.63. The highest BCUT2D eigenvalue weighted by atomic mass is 32.3. The fourth-order valence-electron chi connectivity index (χ4n) is 0.999. The number of halogens is 1. The van der Waals surface area contributed by atoms with Gasteiger partial charge >= 0.3 is 16.2 Å². The van der Waals surface area contributed by atoms with Crippen molar-refractivity contribution in [2.75, 3.05) is 12.8 Å². The molecule has 0 saturated heterocycles. The second-order valence-electron chi connectivity index (χ2n) is 2.72. The van der Waals surface area contributed by atoms with Crippen LogP contribution in [0, 0.1) is 0 Å². The number of anilines is 1. The first kappa shape index (κ1) is 11.4. The van der Waals surface area contributed by atoms with Crippen LogP contribution < -0.4 is 5.73 Å². The molecule has 82 valence electrons. The van der Waals surface area contributed by atoms with Crippen molar-refractivity contribution in [3.05, 3.63) is 23.8 Å². The van der Waals surface area contributed by atoms with Gasteiger partial charge in [0, 0.05) is 5.69 Å². The zero-order valence-corrected chi connectivity index (χ0v) is 8.55. The number of esters is 1. The van der Waals surface area contributed by atoms with E-state index < -0.39 is 21.1 Å². The topological polar surface area (TPSA) is 86.5 Å². The second kappa shape index (κ2) is 3.85. The van der Waals surface area contributed by atoms with Gasteiger partial charge in [-0.2, -0.15) is 8.42 Å². The molecule has 0 radical (unpaired) electrons. The van der Waals surface area contributed by atoms with Crippen LogP contribution in [-0.4, -0.2) is 21.5 Å². The Morgan fingerprint density at radius 2 is 2.00 bits per heavy atom. The molecule has 0 spiro atoms. The van der Waals surface area contributed by atoms with Gasteiger partial charge in [-0.15, -0.1) is 3.89 Å². The molecule has 0 aliphatic heterocycles. The number of hydrogen-bond donors (Lipinski definition) is 1. The molecule has 1 aromatic rings. The summed E-state index contributed by atoms with van der Waals surface area (Å²) in [6.07, 6.45) is 0. The Balaban J connectivity index is 3.35. The molecule has 0 heterocycles. The van der Waals surface area contributed by atoms with Crippen molar-refractivity contribution in [3.8, 4) is 0 Å². The number of benzene rings is 1. The smallest absolute Gasteiger partial charge is 0.337 e. The SMILES string of the molecule is COC(=O)c1cc(N)cc(S(=O)(=O)F)c1. The van der Waals surface area contributed by atoms with Crippen molar-refractivity contribution < 1.29 is 21.8 Å². The lowest BCUT2D eigenvalue weighted by atomic mass is 10.2. The van der Waals surface area contributed by atoms with Gasteiger partial charge in [-0.25, -0.2) is 4.79 Å². The molecule has 1 aromatic carbocycles.